The van der Waals surface area contributed by atoms with E-state index in [1.54, 1.807) is 6.33 Å². The van der Waals surface area contributed by atoms with E-state index in [-0.39, 0.29) is 5.60 Å². The molecule has 2 aliphatic rings. The standard InChI is InChI=1S/C28H35N5O/c1-17(2)25-23-11-19(21-13-32(14-21)22-8-9-34-28(4,5)12-22)6-7-24(23)31-26(25)20-10-18(3)27-29-16-30-33(27)15-20/h6-7,10-11,15-17,21-22,31H,8-9,12-14H2,1-5H3. The molecule has 0 aliphatic carbocycles. The van der Waals surface area contributed by atoms with Gasteiger partial charge in [0.15, 0.2) is 5.65 Å². The summed E-state index contributed by atoms with van der Waals surface area (Å²) in [4.78, 5) is 10.8. The highest BCUT2D eigenvalue weighted by Gasteiger charge is 2.38. The molecule has 0 saturated carbocycles. The lowest BCUT2D eigenvalue weighted by molar-refractivity contribution is -0.0946. The third-order valence-electron chi connectivity index (χ3n) is 7.86. The van der Waals surface area contributed by atoms with Crippen molar-refractivity contribution in [1.29, 1.82) is 0 Å². The molecule has 0 bridgehead atoms. The van der Waals surface area contributed by atoms with Gasteiger partial charge in [0.05, 0.1) is 11.3 Å². The van der Waals surface area contributed by atoms with Gasteiger partial charge in [-0.2, -0.15) is 5.10 Å². The smallest absolute Gasteiger partial charge is 0.158 e. The van der Waals surface area contributed by atoms with Gasteiger partial charge < -0.3 is 9.72 Å². The van der Waals surface area contributed by atoms with E-state index in [9.17, 15) is 0 Å². The Labute approximate surface area is 201 Å². The fourth-order valence-electron chi connectivity index (χ4n) is 6.08. The molecule has 6 rings (SSSR count). The molecule has 0 radical (unpaired) electrons. The summed E-state index contributed by atoms with van der Waals surface area (Å²) in [5.74, 6) is 1.02. The minimum atomic E-state index is 0.00814. The quantitative estimate of drug-likeness (QED) is 0.429. The number of H-pyrrole nitrogens is 1. The number of pyridine rings is 1. The highest BCUT2D eigenvalue weighted by Crippen LogP contribution is 2.40. The van der Waals surface area contributed by atoms with Crippen LogP contribution in [0.15, 0.2) is 36.8 Å². The van der Waals surface area contributed by atoms with Gasteiger partial charge in [-0.15, -0.1) is 0 Å². The average molecular weight is 458 g/mol. The van der Waals surface area contributed by atoms with Crippen LogP contribution >= 0.6 is 0 Å². The summed E-state index contributed by atoms with van der Waals surface area (Å²) in [7, 11) is 0. The number of nitrogens with one attached hydrogen (secondary N) is 1. The average Bonchev–Trinajstić information content (AvgIpc) is 3.36. The molecule has 0 spiro atoms. The van der Waals surface area contributed by atoms with E-state index in [1.807, 2.05) is 4.52 Å². The Hall–Kier alpha value is -2.70. The van der Waals surface area contributed by atoms with E-state index in [2.05, 4.69) is 85.0 Å². The van der Waals surface area contributed by atoms with Crippen molar-refractivity contribution < 1.29 is 4.74 Å². The molecule has 0 amide bonds. The maximum atomic E-state index is 5.94. The van der Waals surface area contributed by atoms with Crippen molar-refractivity contribution in [1.82, 2.24) is 24.5 Å². The Morgan fingerprint density at radius 3 is 2.76 bits per heavy atom. The summed E-state index contributed by atoms with van der Waals surface area (Å²) in [6.07, 6.45) is 6.00. The van der Waals surface area contributed by atoms with Crippen molar-refractivity contribution in [2.75, 3.05) is 19.7 Å². The van der Waals surface area contributed by atoms with Gasteiger partial charge in [0, 0.05) is 54.3 Å². The van der Waals surface area contributed by atoms with Gasteiger partial charge in [0.2, 0.25) is 0 Å². The van der Waals surface area contributed by atoms with Crippen molar-refractivity contribution in [3.05, 3.63) is 53.5 Å². The fraction of sp³-hybridized carbons (Fsp3) is 0.500. The second kappa shape index (κ2) is 7.92. The zero-order valence-electron chi connectivity index (χ0n) is 20.9. The molecule has 3 aromatic heterocycles. The van der Waals surface area contributed by atoms with Crippen molar-refractivity contribution in [2.24, 2.45) is 0 Å². The van der Waals surface area contributed by atoms with Gasteiger partial charge in [-0.1, -0.05) is 19.9 Å². The Morgan fingerprint density at radius 2 is 2.00 bits per heavy atom. The molecule has 4 aromatic rings. The number of aromatic amines is 1. The van der Waals surface area contributed by atoms with Crippen LogP contribution < -0.4 is 0 Å². The molecular weight excluding hydrogens is 422 g/mol. The zero-order valence-corrected chi connectivity index (χ0v) is 20.9. The minimum absolute atomic E-state index is 0.00814. The van der Waals surface area contributed by atoms with Crippen molar-refractivity contribution in [2.45, 2.75) is 70.9 Å². The van der Waals surface area contributed by atoms with E-state index < -0.39 is 0 Å². The van der Waals surface area contributed by atoms with Gasteiger partial charge in [0.25, 0.3) is 0 Å². The summed E-state index contributed by atoms with van der Waals surface area (Å²) in [5.41, 5.74) is 8.47. The molecule has 1 N–H and O–H groups in total. The second-order valence-electron chi connectivity index (χ2n) is 11.2. The van der Waals surface area contributed by atoms with E-state index >= 15 is 0 Å². The highest BCUT2D eigenvalue weighted by atomic mass is 16.5. The van der Waals surface area contributed by atoms with Crippen LogP contribution in [0.25, 0.3) is 27.8 Å². The third kappa shape index (κ3) is 3.64. The van der Waals surface area contributed by atoms with Crippen LogP contribution in [0, 0.1) is 6.92 Å². The number of aryl methyl sites for hydroxylation is 1. The molecule has 1 atom stereocenters. The monoisotopic (exact) mass is 457 g/mol. The fourth-order valence-corrected chi connectivity index (χ4v) is 6.08. The molecule has 1 aromatic carbocycles. The Bertz CT molecular complexity index is 1360. The van der Waals surface area contributed by atoms with Crippen molar-refractivity contribution >= 4 is 16.6 Å². The van der Waals surface area contributed by atoms with E-state index in [0.717, 1.165) is 49.3 Å². The minimum Gasteiger partial charge on any atom is -0.375 e. The highest BCUT2D eigenvalue weighted by molar-refractivity contribution is 5.92. The number of likely N-dealkylation sites (tertiary alicyclic amines) is 1. The van der Waals surface area contributed by atoms with Crippen molar-refractivity contribution in [3.8, 4) is 11.3 Å². The van der Waals surface area contributed by atoms with Crippen LogP contribution in [0.5, 0.6) is 0 Å². The lowest BCUT2D eigenvalue weighted by Crippen LogP contribution is -2.54. The van der Waals surface area contributed by atoms with Crippen LogP contribution in [0.4, 0.5) is 0 Å². The number of benzene rings is 1. The summed E-state index contributed by atoms with van der Waals surface area (Å²) >= 11 is 0. The Balaban J connectivity index is 1.31. The molecule has 5 heterocycles. The summed E-state index contributed by atoms with van der Waals surface area (Å²) in [6, 6.07) is 9.93. The predicted molar refractivity (Wildman–Crippen MR) is 136 cm³/mol. The van der Waals surface area contributed by atoms with Gasteiger partial charge >= 0.3 is 0 Å². The van der Waals surface area contributed by atoms with Gasteiger partial charge in [0.1, 0.15) is 6.33 Å². The van der Waals surface area contributed by atoms with Gasteiger partial charge in [-0.25, -0.2) is 9.50 Å². The summed E-state index contributed by atoms with van der Waals surface area (Å²) < 4.78 is 7.82. The number of nitrogens with zero attached hydrogens (tertiary/aromatic N) is 4. The normalized spacial score (nSPS) is 21.5. The zero-order chi connectivity index (χ0) is 23.6. The number of ether oxygens (including phenoxy) is 1. The Morgan fingerprint density at radius 1 is 1.18 bits per heavy atom. The van der Waals surface area contributed by atoms with Crippen LogP contribution in [0.2, 0.25) is 0 Å². The first-order valence-corrected chi connectivity index (χ1v) is 12.6. The molecule has 2 saturated heterocycles. The van der Waals surface area contributed by atoms with Gasteiger partial charge in [-0.05, 0) is 74.4 Å². The molecule has 2 aliphatic heterocycles. The molecular formula is C28H35N5O. The lowest BCUT2D eigenvalue weighted by Gasteiger charge is -2.49. The molecule has 178 valence electrons. The molecule has 6 heteroatoms. The van der Waals surface area contributed by atoms with Crippen molar-refractivity contribution in [3.63, 3.8) is 0 Å². The Kier molecular flexibility index (Phi) is 5.08. The van der Waals surface area contributed by atoms with Crippen LogP contribution in [-0.4, -0.2) is 55.8 Å². The largest absolute Gasteiger partial charge is 0.375 e. The number of rotatable bonds is 4. The van der Waals surface area contributed by atoms with Crippen LogP contribution in [0.3, 0.4) is 0 Å². The maximum Gasteiger partial charge on any atom is 0.158 e. The lowest BCUT2D eigenvalue weighted by atomic mass is 9.84. The third-order valence-corrected chi connectivity index (χ3v) is 7.86. The molecule has 34 heavy (non-hydrogen) atoms. The van der Waals surface area contributed by atoms with Crippen LogP contribution in [0.1, 0.15) is 69.1 Å². The topological polar surface area (TPSA) is 58.5 Å². The molecule has 2 fully saturated rings. The number of fused-ring (bicyclic) bond motifs is 2. The number of aromatic nitrogens is 4. The maximum absolute atomic E-state index is 5.94. The predicted octanol–water partition coefficient (Wildman–Crippen LogP) is 5.67. The van der Waals surface area contributed by atoms with Crippen LogP contribution in [-0.2, 0) is 4.74 Å². The number of hydrogen-bond acceptors (Lipinski definition) is 4. The van der Waals surface area contributed by atoms with E-state index in [4.69, 9.17) is 4.74 Å². The first kappa shape index (κ1) is 21.8. The SMILES string of the molecule is Cc1cc(-c2[nH]c3ccc(C4CN(C5CCOC(C)(C)C5)C4)cc3c2C(C)C)cn2ncnc12. The molecule has 1 unspecified atom stereocenters. The second-order valence-corrected chi connectivity index (χ2v) is 11.2. The van der Waals surface area contributed by atoms with E-state index in [0.29, 0.717) is 17.9 Å². The summed E-state index contributed by atoms with van der Waals surface area (Å²) in [5, 5.41) is 5.74. The van der Waals surface area contributed by atoms with E-state index in [1.165, 1.54) is 27.7 Å². The first-order valence-electron chi connectivity index (χ1n) is 12.6. The number of hydrogen-bond donors (Lipinski definition) is 1. The first-order chi connectivity index (χ1) is 16.3. The summed E-state index contributed by atoms with van der Waals surface area (Å²) in [6.45, 7) is 14.3. The van der Waals surface area contributed by atoms with Gasteiger partial charge in [-0.3, -0.25) is 4.90 Å². The molecule has 6 nitrogen and oxygen atoms in total.